The van der Waals surface area contributed by atoms with Crippen LogP contribution in [0, 0.1) is 6.92 Å². The summed E-state index contributed by atoms with van der Waals surface area (Å²) in [5, 5.41) is 0. The Bertz CT molecular complexity index is 794. The summed E-state index contributed by atoms with van der Waals surface area (Å²) >= 11 is 0. The van der Waals surface area contributed by atoms with E-state index in [2.05, 4.69) is 88.4 Å². The summed E-state index contributed by atoms with van der Waals surface area (Å²) < 4.78 is 0. The zero-order valence-electron chi connectivity index (χ0n) is 14.3. The quantitative estimate of drug-likeness (QED) is 0.564. The highest BCUT2D eigenvalue weighted by Gasteiger charge is 2.17. The lowest BCUT2D eigenvalue weighted by Crippen LogP contribution is -2.12. The van der Waals surface area contributed by atoms with Gasteiger partial charge < -0.3 is 0 Å². The summed E-state index contributed by atoms with van der Waals surface area (Å²) in [5.41, 5.74) is 7.06. The van der Waals surface area contributed by atoms with Crippen molar-refractivity contribution in [3.05, 3.63) is 77.9 Å². The van der Waals surface area contributed by atoms with E-state index in [1.807, 2.05) is 6.07 Å². The van der Waals surface area contributed by atoms with Crippen LogP contribution in [0.1, 0.15) is 31.9 Å². The maximum absolute atomic E-state index is 4.92. The van der Waals surface area contributed by atoms with Gasteiger partial charge >= 0.3 is 0 Å². The van der Waals surface area contributed by atoms with Crippen LogP contribution in [-0.4, -0.2) is 4.98 Å². The molecule has 1 nitrogen and oxygen atoms in total. The Hall–Kier alpha value is -2.41. The van der Waals surface area contributed by atoms with E-state index in [-0.39, 0.29) is 5.41 Å². The summed E-state index contributed by atoms with van der Waals surface area (Å²) in [4.78, 5) is 4.92. The minimum Gasteiger partial charge on any atom is -0.248 e. The molecule has 0 bridgehead atoms. The number of hydrogen-bond donors (Lipinski definition) is 0. The van der Waals surface area contributed by atoms with Crippen LogP contribution >= 0.6 is 0 Å². The fourth-order valence-electron chi connectivity index (χ4n) is 2.59. The molecule has 0 aliphatic rings. The van der Waals surface area contributed by atoms with Crippen molar-refractivity contribution in [2.75, 3.05) is 0 Å². The van der Waals surface area contributed by atoms with Crippen LogP contribution in [0.3, 0.4) is 0 Å². The number of pyridine rings is 1. The molecule has 0 radical (unpaired) electrons. The summed E-state index contributed by atoms with van der Waals surface area (Å²) in [6, 6.07) is 23.4. The van der Waals surface area contributed by atoms with Crippen LogP contribution in [0.4, 0.5) is 0 Å². The van der Waals surface area contributed by atoms with Gasteiger partial charge in [-0.15, -0.1) is 0 Å². The number of aromatic nitrogens is 1. The first-order chi connectivity index (χ1) is 10.9. The van der Waals surface area contributed by atoms with Gasteiger partial charge in [0.2, 0.25) is 0 Å². The second kappa shape index (κ2) is 6.00. The van der Waals surface area contributed by atoms with Gasteiger partial charge in [-0.25, -0.2) is 4.98 Å². The zero-order chi connectivity index (χ0) is 16.4. The minimum absolute atomic E-state index is 0.0892. The van der Waals surface area contributed by atoms with Crippen molar-refractivity contribution in [1.29, 1.82) is 0 Å². The largest absolute Gasteiger partial charge is 0.248 e. The van der Waals surface area contributed by atoms with Crippen LogP contribution in [0.2, 0.25) is 0 Å². The van der Waals surface area contributed by atoms with Gasteiger partial charge in [0.1, 0.15) is 0 Å². The van der Waals surface area contributed by atoms with Crippen molar-refractivity contribution in [2.45, 2.75) is 33.1 Å². The van der Waals surface area contributed by atoms with Crippen molar-refractivity contribution in [3.8, 4) is 22.5 Å². The highest BCUT2D eigenvalue weighted by molar-refractivity contribution is 5.68. The average molecular weight is 301 g/mol. The molecule has 3 aromatic rings. The molecule has 0 spiro atoms. The van der Waals surface area contributed by atoms with E-state index in [1.54, 1.807) is 0 Å². The molecule has 0 aliphatic heterocycles. The molecule has 116 valence electrons. The minimum atomic E-state index is 0.0892. The second-order valence-corrected chi connectivity index (χ2v) is 7.11. The van der Waals surface area contributed by atoms with Gasteiger partial charge in [-0.05, 0) is 30.0 Å². The molecule has 23 heavy (non-hydrogen) atoms. The van der Waals surface area contributed by atoms with E-state index < -0.39 is 0 Å². The first-order valence-corrected chi connectivity index (χ1v) is 8.08. The number of rotatable bonds is 2. The topological polar surface area (TPSA) is 12.9 Å². The van der Waals surface area contributed by atoms with E-state index in [1.165, 1.54) is 16.7 Å². The van der Waals surface area contributed by atoms with Crippen LogP contribution in [0.25, 0.3) is 22.5 Å². The molecule has 1 heterocycles. The first kappa shape index (κ1) is 15.5. The van der Waals surface area contributed by atoms with Crippen molar-refractivity contribution >= 4 is 0 Å². The molecular weight excluding hydrogens is 278 g/mol. The van der Waals surface area contributed by atoms with Gasteiger partial charge in [0.15, 0.2) is 0 Å². The van der Waals surface area contributed by atoms with Crippen LogP contribution in [0.15, 0.2) is 66.7 Å². The molecule has 2 aromatic carbocycles. The summed E-state index contributed by atoms with van der Waals surface area (Å²) in [7, 11) is 0. The lowest BCUT2D eigenvalue weighted by atomic mass is 9.85. The predicted molar refractivity (Wildman–Crippen MR) is 98.5 cm³/mol. The smallest absolute Gasteiger partial charge is 0.0712 e. The molecule has 3 rings (SSSR count). The Kier molecular flexibility index (Phi) is 4.04. The molecule has 0 unspecified atom stereocenters. The summed E-state index contributed by atoms with van der Waals surface area (Å²) in [6.45, 7) is 8.85. The molecule has 0 fully saturated rings. The van der Waals surface area contributed by atoms with Crippen LogP contribution in [0.5, 0.6) is 0 Å². The Morgan fingerprint density at radius 1 is 0.696 bits per heavy atom. The summed E-state index contributed by atoms with van der Waals surface area (Å²) in [6.07, 6.45) is 0. The first-order valence-electron chi connectivity index (χ1n) is 8.08. The molecule has 0 saturated carbocycles. The predicted octanol–water partition coefficient (Wildman–Crippen LogP) is 6.02. The maximum Gasteiger partial charge on any atom is 0.0712 e. The summed E-state index contributed by atoms with van der Waals surface area (Å²) in [5.74, 6) is 0. The highest BCUT2D eigenvalue weighted by Crippen LogP contribution is 2.30. The molecule has 0 atom stereocenters. The van der Waals surface area contributed by atoms with Gasteiger partial charge in [0, 0.05) is 11.1 Å². The Labute approximate surface area is 139 Å². The van der Waals surface area contributed by atoms with Crippen molar-refractivity contribution in [2.24, 2.45) is 0 Å². The van der Waals surface area contributed by atoms with E-state index in [0.717, 1.165) is 17.0 Å². The SMILES string of the molecule is Cc1ccc(-c2cc(C(C)(C)C)cc(-c3ccccc3)n2)cc1. The van der Waals surface area contributed by atoms with Gasteiger partial charge in [-0.3, -0.25) is 0 Å². The Balaban J connectivity index is 2.18. The third-order valence-corrected chi connectivity index (χ3v) is 4.11. The standard InChI is InChI=1S/C22H23N/c1-16-10-12-18(13-11-16)21-15-19(22(2,3)4)14-20(23-21)17-8-6-5-7-9-17/h5-15H,1-4H3. The molecule has 0 aliphatic carbocycles. The Morgan fingerprint density at radius 3 is 1.74 bits per heavy atom. The van der Waals surface area contributed by atoms with E-state index >= 15 is 0 Å². The van der Waals surface area contributed by atoms with Crippen molar-refractivity contribution in [1.82, 2.24) is 4.98 Å². The molecular formula is C22H23N. The fourth-order valence-corrected chi connectivity index (χ4v) is 2.59. The van der Waals surface area contributed by atoms with Crippen molar-refractivity contribution < 1.29 is 0 Å². The monoisotopic (exact) mass is 301 g/mol. The normalized spacial score (nSPS) is 11.5. The van der Waals surface area contributed by atoms with Crippen LogP contribution < -0.4 is 0 Å². The third kappa shape index (κ3) is 3.50. The van der Waals surface area contributed by atoms with E-state index in [0.29, 0.717) is 0 Å². The van der Waals surface area contributed by atoms with Crippen LogP contribution in [-0.2, 0) is 5.41 Å². The Morgan fingerprint density at radius 2 is 1.22 bits per heavy atom. The van der Waals surface area contributed by atoms with Gasteiger partial charge in [-0.2, -0.15) is 0 Å². The zero-order valence-corrected chi connectivity index (χ0v) is 14.3. The molecule has 0 saturated heterocycles. The average Bonchev–Trinajstić information content (AvgIpc) is 2.55. The van der Waals surface area contributed by atoms with Gasteiger partial charge in [-0.1, -0.05) is 80.9 Å². The number of benzene rings is 2. The third-order valence-electron chi connectivity index (χ3n) is 4.11. The van der Waals surface area contributed by atoms with Gasteiger partial charge in [0.05, 0.1) is 11.4 Å². The molecule has 0 amide bonds. The lowest BCUT2D eigenvalue weighted by Gasteiger charge is -2.21. The fraction of sp³-hybridized carbons (Fsp3) is 0.227. The van der Waals surface area contributed by atoms with Gasteiger partial charge in [0.25, 0.3) is 0 Å². The van der Waals surface area contributed by atoms with E-state index in [9.17, 15) is 0 Å². The maximum atomic E-state index is 4.92. The highest BCUT2D eigenvalue weighted by atomic mass is 14.7. The second-order valence-electron chi connectivity index (χ2n) is 7.11. The number of aryl methyl sites for hydroxylation is 1. The molecule has 1 heteroatoms. The molecule has 1 aromatic heterocycles. The number of nitrogens with zero attached hydrogens (tertiary/aromatic N) is 1. The molecule has 0 N–H and O–H groups in total. The van der Waals surface area contributed by atoms with Crippen molar-refractivity contribution in [3.63, 3.8) is 0 Å². The van der Waals surface area contributed by atoms with E-state index in [4.69, 9.17) is 4.98 Å². The number of hydrogen-bond acceptors (Lipinski definition) is 1. The lowest BCUT2D eigenvalue weighted by molar-refractivity contribution is 0.590.